The van der Waals surface area contributed by atoms with Crippen LogP contribution in [-0.4, -0.2) is 45.2 Å². The smallest absolute Gasteiger partial charge is 0.188 e. The van der Waals surface area contributed by atoms with Crippen LogP contribution < -0.4 is 9.64 Å². The van der Waals surface area contributed by atoms with Crippen LogP contribution in [0.15, 0.2) is 6.07 Å². The van der Waals surface area contributed by atoms with Gasteiger partial charge in [-0.25, -0.2) is 9.37 Å². The zero-order valence-corrected chi connectivity index (χ0v) is 10.7. The highest BCUT2D eigenvalue weighted by molar-refractivity contribution is 6.30. The maximum atomic E-state index is 13.9. The fraction of sp³-hybridized carbons (Fsp3) is 0.545. The number of methoxy groups -OCH3 is 1. The lowest BCUT2D eigenvalue weighted by atomic mass is 10.3. The number of rotatable bonds is 4. The molecular weight excluding hydrogens is 263 g/mol. The monoisotopic (exact) mass is 276 g/mol. The van der Waals surface area contributed by atoms with E-state index in [0.29, 0.717) is 26.3 Å². The van der Waals surface area contributed by atoms with Crippen LogP contribution in [0.2, 0.25) is 5.15 Å². The summed E-state index contributed by atoms with van der Waals surface area (Å²) in [5.41, 5.74) is 0. The van der Waals surface area contributed by atoms with E-state index in [1.165, 1.54) is 13.2 Å². The maximum absolute atomic E-state index is 13.9. The lowest BCUT2D eigenvalue weighted by Gasteiger charge is -2.28. The van der Waals surface area contributed by atoms with E-state index in [4.69, 9.17) is 25.8 Å². The predicted octanol–water partition coefficient (Wildman–Crippen LogP) is 1.69. The van der Waals surface area contributed by atoms with Gasteiger partial charge in [0.2, 0.25) is 0 Å². The van der Waals surface area contributed by atoms with Crippen LogP contribution in [0.25, 0.3) is 0 Å². The zero-order valence-electron chi connectivity index (χ0n) is 9.99. The number of hydrogen-bond acceptors (Lipinski definition) is 5. The van der Waals surface area contributed by atoms with E-state index in [9.17, 15) is 4.39 Å². The van der Waals surface area contributed by atoms with Gasteiger partial charge in [0.25, 0.3) is 0 Å². The molecule has 2 heterocycles. The summed E-state index contributed by atoms with van der Waals surface area (Å²) in [4.78, 5) is 5.83. The first-order valence-corrected chi connectivity index (χ1v) is 5.90. The van der Waals surface area contributed by atoms with Crippen molar-refractivity contribution >= 4 is 17.4 Å². The van der Waals surface area contributed by atoms with E-state index in [1.807, 2.05) is 0 Å². The SMILES string of the molecule is COCOc1cc(F)c(N2CCOCC2)nc1Cl. The van der Waals surface area contributed by atoms with Gasteiger partial charge in [-0.2, -0.15) is 0 Å². The summed E-state index contributed by atoms with van der Waals surface area (Å²) in [7, 11) is 1.47. The Morgan fingerprint density at radius 1 is 1.50 bits per heavy atom. The number of hydrogen-bond donors (Lipinski definition) is 0. The Balaban J connectivity index is 2.18. The molecule has 0 atom stereocenters. The molecule has 0 bridgehead atoms. The molecule has 0 aromatic carbocycles. The van der Waals surface area contributed by atoms with E-state index in [0.717, 1.165) is 0 Å². The molecular formula is C11H14ClFN2O3. The van der Waals surface area contributed by atoms with Crippen molar-refractivity contribution in [3.63, 3.8) is 0 Å². The fourth-order valence-electron chi connectivity index (χ4n) is 1.66. The van der Waals surface area contributed by atoms with Crippen molar-refractivity contribution in [3.05, 3.63) is 17.0 Å². The Labute approximate surface area is 109 Å². The first-order valence-electron chi connectivity index (χ1n) is 5.53. The largest absolute Gasteiger partial charge is 0.464 e. The lowest BCUT2D eigenvalue weighted by Crippen LogP contribution is -2.37. The highest BCUT2D eigenvalue weighted by atomic mass is 35.5. The normalized spacial score (nSPS) is 15.8. The standard InChI is InChI=1S/C11H14ClFN2O3/c1-16-7-18-9-6-8(13)11(14-10(9)12)15-2-4-17-5-3-15/h6H,2-5,7H2,1H3. The summed E-state index contributed by atoms with van der Waals surface area (Å²) in [6.07, 6.45) is 0. The second-order valence-electron chi connectivity index (χ2n) is 3.73. The summed E-state index contributed by atoms with van der Waals surface area (Å²) in [6, 6.07) is 1.22. The average molecular weight is 277 g/mol. The van der Waals surface area contributed by atoms with Crippen LogP contribution in [0, 0.1) is 5.82 Å². The molecule has 0 aliphatic carbocycles. The molecule has 0 saturated carbocycles. The van der Waals surface area contributed by atoms with E-state index in [2.05, 4.69) is 4.98 Å². The van der Waals surface area contributed by atoms with Crippen molar-refractivity contribution in [2.24, 2.45) is 0 Å². The minimum Gasteiger partial charge on any atom is -0.464 e. The highest BCUT2D eigenvalue weighted by Crippen LogP contribution is 2.29. The third-order valence-electron chi connectivity index (χ3n) is 2.52. The highest BCUT2D eigenvalue weighted by Gasteiger charge is 2.19. The van der Waals surface area contributed by atoms with Crippen LogP contribution in [0.4, 0.5) is 10.2 Å². The maximum Gasteiger partial charge on any atom is 0.188 e. The number of anilines is 1. The molecule has 5 nitrogen and oxygen atoms in total. The third kappa shape index (κ3) is 3.01. The number of halogens is 2. The van der Waals surface area contributed by atoms with Gasteiger partial charge in [0.1, 0.15) is 0 Å². The van der Waals surface area contributed by atoms with Gasteiger partial charge in [-0.1, -0.05) is 11.6 Å². The summed E-state index contributed by atoms with van der Waals surface area (Å²) >= 11 is 5.94. The Kier molecular flexibility index (Phi) is 4.57. The van der Waals surface area contributed by atoms with Gasteiger partial charge in [-0.05, 0) is 0 Å². The summed E-state index contributed by atoms with van der Waals surface area (Å²) in [5, 5.41) is 0.120. The lowest BCUT2D eigenvalue weighted by molar-refractivity contribution is 0.0507. The number of nitrogens with zero attached hydrogens (tertiary/aromatic N) is 2. The molecule has 1 aromatic heterocycles. The molecule has 0 radical (unpaired) electrons. The van der Waals surface area contributed by atoms with Crippen LogP contribution in [0.3, 0.4) is 0 Å². The van der Waals surface area contributed by atoms with E-state index < -0.39 is 5.82 Å². The molecule has 0 spiro atoms. The molecule has 0 unspecified atom stereocenters. The van der Waals surface area contributed by atoms with Gasteiger partial charge in [-0.15, -0.1) is 0 Å². The van der Waals surface area contributed by atoms with Crippen molar-refractivity contribution < 1.29 is 18.6 Å². The predicted molar refractivity (Wildman–Crippen MR) is 64.7 cm³/mol. The molecule has 1 aliphatic rings. The molecule has 100 valence electrons. The average Bonchev–Trinajstić information content (AvgIpc) is 2.40. The van der Waals surface area contributed by atoms with Crippen LogP contribution in [0.5, 0.6) is 5.75 Å². The van der Waals surface area contributed by atoms with E-state index >= 15 is 0 Å². The molecule has 0 amide bonds. The van der Waals surface area contributed by atoms with Gasteiger partial charge in [0.15, 0.2) is 29.3 Å². The first-order chi connectivity index (χ1) is 8.72. The number of morpholine rings is 1. The van der Waals surface area contributed by atoms with Crippen LogP contribution in [-0.2, 0) is 9.47 Å². The summed E-state index contributed by atoms with van der Waals surface area (Å²) in [5.74, 6) is -0.0616. The zero-order chi connectivity index (χ0) is 13.0. The van der Waals surface area contributed by atoms with Gasteiger partial charge in [0, 0.05) is 26.3 Å². The Morgan fingerprint density at radius 3 is 2.89 bits per heavy atom. The van der Waals surface area contributed by atoms with Crippen molar-refractivity contribution in [2.45, 2.75) is 0 Å². The minimum absolute atomic E-state index is 0.00224. The Morgan fingerprint density at radius 2 is 2.22 bits per heavy atom. The second kappa shape index (κ2) is 6.17. The minimum atomic E-state index is -0.465. The number of ether oxygens (including phenoxy) is 3. The van der Waals surface area contributed by atoms with Gasteiger partial charge < -0.3 is 19.1 Å². The van der Waals surface area contributed by atoms with Crippen molar-refractivity contribution in [1.29, 1.82) is 0 Å². The molecule has 0 N–H and O–H groups in total. The molecule has 7 heteroatoms. The summed E-state index contributed by atoms with van der Waals surface area (Å²) < 4.78 is 29.0. The number of pyridine rings is 1. The van der Waals surface area contributed by atoms with Crippen LogP contribution in [0.1, 0.15) is 0 Å². The molecule has 1 aromatic rings. The molecule has 1 aliphatic heterocycles. The van der Waals surface area contributed by atoms with E-state index in [-0.39, 0.29) is 23.5 Å². The molecule has 1 fully saturated rings. The van der Waals surface area contributed by atoms with Crippen molar-refractivity contribution in [1.82, 2.24) is 4.98 Å². The molecule has 1 saturated heterocycles. The van der Waals surface area contributed by atoms with E-state index in [1.54, 1.807) is 4.90 Å². The van der Waals surface area contributed by atoms with Gasteiger partial charge in [-0.3, -0.25) is 0 Å². The molecule has 18 heavy (non-hydrogen) atoms. The molecule has 2 rings (SSSR count). The Hall–Kier alpha value is -1.11. The Bertz CT molecular complexity index is 414. The van der Waals surface area contributed by atoms with Crippen molar-refractivity contribution in [2.75, 3.05) is 45.1 Å². The first kappa shape index (κ1) is 13.3. The van der Waals surface area contributed by atoms with Crippen LogP contribution >= 0.6 is 11.6 Å². The summed E-state index contributed by atoms with van der Waals surface area (Å²) in [6.45, 7) is 2.30. The second-order valence-corrected chi connectivity index (χ2v) is 4.09. The van der Waals surface area contributed by atoms with Gasteiger partial charge in [0.05, 0.1) is 13.2 Å². The van der Waals surface area contributed by atoms with Crippen molar-refractivity contribution in [3.8, 4) is 5.75 Å². The third-order valence-corrected chi connectivity index (χ3v) is 2.79. The van der Waals surface area contributed by atoms with Gasteiger partial charge >= 0.3 is 0 Å². The fourth-order valence-corrected chi connectivity index (χ4v) is 1.85. The quantitative estimate of drug-likeness (QED) is 0.619. The number of aromatic nitrogens is 1. The topological polar surface area (TPSA) is 43.8 Å².